The second kappa shape index (κ2) is 6.52. The quantitative estimate of drug-likeness (QED) is 0.854. The first-order valence-electron chi connectivity index (χ1n) is 10.1. The smallest absolute Gasteiger partial charge is 0.341 e. The first-order valence-corrected chi connectivity index (χ1v) is 10.1. The Bertz CT molecular complexity index is 1080. The SMILES string of the molecule is CN1[C@@H]2CC[C@H]1CN(c1c(F)cc3c(=O)c(C(=O)O)cn(C4CC4)c3c1F)CC2. The number of benzene rings is 1. The van der Waals surface area contributed by atoms with Crippen molar-refractivity contribution in [2.75, 3.05) is 25.0 Å². The summed E-state index contributed by atoms with van der Waals surface area (Å²) in [6.45, 7) is 1.08. The Hall–Kier alpha value is -2.48. The van der Waals surface area contributed by atoms with Crippen molar-refractivity contribution in [3.05, 3.63) is 39.7 Å². The van der Waals surface area contributed by atoms with Crippen molar-refractivity contribution in [3.63, 3.8) is 0 Å². The third kappa shape index (κ3) is 2.84. The van der Waals surface area contributed by atoms with Crippen LogP contribution in [0, 0.1) is 11.6 Å². The highest BCUT2D eigenvalue weighted by atomic mass is 19.1. The Balaban J connectivity index is 1.70. The number of anilines is 1. The van der Waals surface area contributed by atoms with Crippen molar-refractivity contribution in [2.24, 2.45) is 0 Å². The van der Waals surface area contributed by atoms with Gasteiger partial charge in [0.1, 0.15) is 17.1 Å². The molecule has 2 bridgehead atoms. The molecule has 3 heterocycles. The van der Waals surface area contributed by atoms with Gasteiger partial charge in [-0.15, -0.1) is 0 Å². The lowest BCUT2D eigenvalue weighted by Crippen LogP contribution is -2.37. The van der Waals surface area contributed by atoms with Crippen LogP contribution in [0.25, 0.3) is 10.9 Å². The van der Waals surface area contributed by atoms with Gasteiger partial charge in [0.2, 0.25) is 5.43 Å². The molecule has 2 aliphatic heterocycles. The van der Waals surface area contributed by atoms with Crippen molar-refractivity contribution in [3.8, 4) is 0 Å². The number of likely N-dealkylation sites (N-methyl/N-ethyl adjacent to an activating group) is 1. The molecule has 1 N–H and O–H groups in total. The number of carbonyl (C=O) groups is 1. The van der Waals surface area contributed by atoms with Crippen LogP contribution >= 0.6 is 0 Å². The summed E-state index contributed by atoms with van der Waals surface area (Å²) < 4.78 is 32.4. The summed E-state index contributed by atoms with van der Waals surface area (Å²) in [6.07, 6.45) is 5.72. The van der Waals surface area contributed by atoms with Crippen LogP contribution < -0.4 is 10.3 Å². The first-order chi connectivity index (χ1) is 13.9. The average molecular weight is 403 g/mol. The van der Waals surface area contributed by atoms with Gasteiger partial charge < -0.3 is 14.6 Å². The van der Waals surface area contributed by atoms with Crippen molar-refractivity contribution in [1.29, 1.82) is 0 Å². The Morgan fingerprint density at radius 3 is 2.48 bits per heavy atom. The molecule has 3 aliphatic rings. The number of fused-ring (bicyclic) bond motifs is 3. The molecule has 2 saturated heterocycles. The molecule has 5 rings (SSSR count). The number of pyridine rings is 1. The summed E-state index contributed by atoms with van der Waals surface area (Å²) in [5.74, 6) is -2.96. The lowest BCUT2D eigenvalue weighted by molar-refractivity contribution is 0.0695. The number of carboxylic acid groups (broad SMARTS) is 1. The van der Waals surface area contributed by atoms with Crippen molar-refractivity contribution in [1.82, 2.24) is 9.47 Å². The van der Waals surface area contributed by atoms with Gasteiger partial charge in [-0.1, -0.05) is 0 Å². The van der Waals surface area contributed by atoms with Gasteiger partial charge in [0.05, 0.1) is 10.9 Å². The van der Waals surface area contributed by atoms with E-state index in [0.29, 0.717) is 19.1 Å². The van der Waals surface area contributed by atoms with Crippen molar-refractivity contribution >= 4 is 22.6 Å². The zero-order valence-electron chi connectivity index (χ0n) is 16.2. The fourth-order valence-corrected chi connectivity index (χ4v) is 5.03. The van der Waals surface area contributed by atoms with Crippen LogP contribution in [0.2, 0.25) is 0 Å². The summed E-state index contributed by atoms with van der Waals surface area (Å²) in [5, 5.41) is 9.15. The molecule has 0 amide bonds. The fraction of sp³-hybridized carbons (Fsp3) is 0.524. The van der Waals surface area contributed by atoms with Crippen LogP contribution in [-0.2, 0) is 0 Å². The summed E-state index contributed by atoms with van der Waals surface area (Å²) >= 11 is 0. The second-order valence-corrected chi connectivity index (χ2v) is 8.52. The molecule has 154 valence electrons. The summed E-state index contributed by atoms with van der Waals surface area (Å²) in [7, 11) is 2.07. The summed E-state index contributed by atoms with van der Waals surface area (Å²) in [4.78, 5) is 28.1. The Morgan fingerprint density at radius 2 is 1.79 bits per heavy atom. The molecular formula is C21H23F2N3O3. The third-order valence-electron chi connectivity index (χ3n) is 6.82. The molecule has 1 saturated carbocycles. The summed E-state index contributed by atoms with van der Waals surface area (Å²) in [5.41, 5.74) is -1.38. The summed E-state index contributed by atoms with van der Waals surface area (Å²) in [6, 6.07) is 1.64. The standard InChI is InChI=1S/C21H23F2N3O3/c1-24-11-2-5-13(24)9-25(7-6-11)19-16(22)8-14-18(17(19)23)26(12-3-4-12)10-15(20(14)27)21(28)29/h8,10-13H,2-7,9H2,1H3,(H,28,29)/t11-,13+/m1/s1. The molecule has 6 nitrogen and oxygen atoms in total. The van der Waals surface area contributed by atoms with Crippen molar-refractivity contribution < 1.29 is 18.7 Å². The van der Waals surface area contributed by atoms with E-state index in [1.54, 1.807) is 4.90 Å². The third-order valence-corrected chi connectivity index (χ3v) is 6.82. The van der Waals surface area contributed by atoms with E-state index < -0.39 is 28.6 Å². The molecule has 8 heteroatoms. The Morgan fingerprint density at radius 1 is 1.10 bits per heavy atom. The molecule has 2 atom stereocenters. The van der Waals surface area contributed by atoms with E-state index >= 15 is 8.78 Å². The fourth-order valence-electron chi connectivity index (χ4n) is 5.03. The van der Waals surface area contributed by atoms with E-state index in [0.717, 1.165) is 38.2 Å². The topological polar surface area (TPSA) is 65.8 Å². The van der Waals surface area contributed by atoms with E-state index in [-0.39, 0.29) is 28.7 Å². The van der Waals surface area contributed by atoms with Crippen LogP contribution in [0.5, 0.6) is 0 Å². The van der Waals surface area contributed by atoms with E-state index in [2.05, 4.69) is 11.9 Å². The maximum atomic E-state index is 15.7. The van der Waals surface area contributed by atoms with E-state index in [9.17, 15) is 14.7 Å². The number of aromatic nitrogens is 1. The number of halogens is 2. The van der Waals surface area contributed by atoms with Crippen LogP contribution in [-0.4, -0.2) is 52.8 Å². The number of hydrogen-bond donors (Lipinski definition) is 1. The number of hydrogen-bond acceptors (Lipinski definition) is 4. The van der Waals surface area contributed by atoms with Gasteiger partial charge >= 0.3 is 5.97 Å². The molecule has 1 aromatic carbocycles. The monoisotopic (exact) mass is 403 g/mol. The van der Waals surface area contributed by atoms with Crippen LogP contribution in [0.4, 0.5) is 14.5 Å². The minimum absolute atomic E-state index is 0.0154. The van der Waals surface area contributed by atoms with Gasteiger partial charge in [0.25, 0.3) is 0 Å². The molecule has 2 aromatic rings. The van der Waals surface area contributed by atoms with Gasteiger partial charge in [0, 0.05) is 37.4 Å². The lowest BCUT2D eigenvalue weighted by Gasteiger charge is -2.29. The highest BCUT2D eigenvalue weighted by molar-refractivity contribution is 5.94. The Kier molecular flexibility index (Phi) is 4.17. The van der Waals surface area contributed by atoms with Gasteiger partial charge in [-0.2, -0.15) is 0 Å². The number of aromatic carboxylic acids is 1. The minimum atomic E-state index is -1.39. The van der Waals surface area contributed by atoms with Crippen LogP contribution in [0.15, 0.2) is 17.1 Å². The predicted octanol–water partition coefficient (Wildman–Crippen LogP) is 2.99. The van der Waals surface area contributed by atoms with E-state index in [1.807, 2.05) is 0 Å². The number of rotatable bonds is 3. The molecule has 0 spiro atoms. The molecular weight excluding hydrogens is 380 g/mol. The molecule has 29 heavy (non-hydrogen) atoms. The molecule has 0 radical (unpaired) electrons. The zero-order chi connectivity index (χ0) is 20.4. The normalized spacial score (nSPS) is 24.9. The van der Waals surface area contributed by atoms with Gasteiger partial charge in [-0.3, -0.25) is 9.69 Å². The molecule has 0 unspecified atom stereocenters. The van der Waals surface area contributed by atoms with Gasteiger partial charge in [-0.05, 0) is 45.2 Å². The minimum Gasteiger partial charge on any atom is -0.477 e. The largest absolute Gasteiger partial charge is 0.477 e. The molecule has 1 aromatic heterocycles. The highest BCUT2D eigenvalue weighted by Gasteiger charge is 2.37. The number of carboxylic acids is 1. The van der Waals surface area contributed by atoms with Crippen LogP contribution in [0.1, 0.15) is 48.5 Å². The maximum absolute atomic E-state index is 15.7. The predicted molar refractivity (Wildman–Crippen MR) is 105 cm³/mol. The molecule has 3 fully saturated rings. The van der Waals surface area contributed by atoms with Gasteiger partial charge in [-0.25, -0.2) is 13.6 Å². The van der Waals surface area contributed by atoms with Crippen LogP contribution in [0.3, 0.4) is 0 Å². The highest BCUT2D eigenvalue weighted by Crippen LogP contribution is 2.40. The van der Waals surface area contributed by atoms with Crippen molar-refractivity contribution in [2.45, 2.75) is 50.2 Å². The Labute approximate surface area is 166 Å². The van der Waals surface area contributed by atoms with Gasteiger partial charge in [0.15, 0.2) is 5.82 Å². The zero-order valence-corrected chi connectivity index (χ0v) is 16.2. The van der Waals surface area contributed by atoms with E-state index in [1.165, 1.54) is 10.8 Å². The molecule has 1 aliphatic carbocycles. The first kappa shape index (κ1) is 18.5. The lowest BCUT2D eigenvalue weighted by atomic mass is 10.1. The van der Waals surface area contributed by atoms with E-state index in [4.69, 9.17) is 0 Å². The average Bonchev–Trinajstić information content (AvgIpc) is 3.45. The number of nitrogens with zero attached hydrogens (tertiary/aromatic N) is 3. The maximum Gasteiger partial charge on any atom is 0.341 e. The second-order valence-electron chi connectivity index (χ2n) is 8.52.